The zero-order chi connectivity index (χ0) is 21.4. The van der Waals surface area contributed by atoms with Gasteiger partial charge in [-0.1, -0.05) is 39.0 Å². The van der Waals surface area contributed by atoms with Crippen molar-refractivity contribution in [2.75, 3.05) is 18.5 Å². The van der Waals surface area contributed by atoms with Gasteiger partial charge in [-0.15, -0.1) is 0 Å². The van der Waals surface area contributed by atoms with Crippen LogP contribution in [0.4, 0.5) is 14.5 Å². The smallest absolute Gasteiger partial charge is 0.387 e. The number of esters is 1. The van der Waals surface area contributed by atoms with Gasteiger partial charge in [0.15, 0.2) is 13.2 Å². The summed E-state index contributed by atoms with van der Waals surface area (Å²) < 4.78 is 38.9. The molecule has 0 heterocycles. The molecule has 0 aliphatic carbocycles. The van der Waals surface area contributed by atoms with Crippen LogP contribution in [0.1, 0.15) is 26.3 Å². The van der Waals surface area contributed by atoms with Crippen molar-refractivity contribution in [1.29, 1.82) is 0 Å². The van der Waals surface area contributed by atoms with E-state index in [2.05, 4.69) is 10.1 Å². The molecule has 2 aromatic carbocycles. The van der Waals surface area contributed by atoms with Crippen molar-refractivity contribution in [1.82, 2.24) is 0 Å². The lowest BCUT2D eigenvalue weighted by molar-refractivity contribution is -0.149. The Bertz CT molecular complexity index is 832. The zero-order valence-electron chi connectivity index (χ0n) is 16.4. The van der Waals surface area contributed by atoms with Crippen molar-refractivity contribution in [3.63, 3.8) is 0 Å². The quantitative estimate of drug-likeness (QED) is 0.666. The molecular formula is C21H23F2NO5. The fourth-order valence-electron chi connectivity index (χ4n) is 2.45. The van der Waals surface area contributed by atoms with Gasteiger partial charge in [0.25, 0.3) is 5.91 Å². The van der Waals surface area contributed by atoms with Gasteiger partial charge in [0.2, 0.25) is 0 Å². The second-order valence-electron chi connectivity index (χ2n) is 7.15. The average molecular weight is 407 g/mol. The van der Waals surface area contributed by atoms with E-state index in [-0.39, 0.29) is 17.8 Å². The number of para-hydroxylation sites is 1. The van der Waals surface area contributed by atoms with Crippen LogP contribution >= 0.6 is 0 Å². The highest BCUT2D eigenvalue weighted by Crippen LogP contribution is 2.30. The number of ether oxygens (including phenoxy) is 3. The molecular weight excluding hydrogens is 384 g/mol. The Morgan fingerprint density at radius 1 is 1.00 bits per heavy atom. The average Bonchev–Trinajstić information content (AvgIpc) is 2.65. The van der Waals surface area contributed by atoms with Crippen molar-refractivity contribution in [3.8, 4) is 11.5 Å². The van der Waals surface area contributed by atoms with Crippen molar-refractivity contribution >= 4 is 17.6 Å². The molecule has 1 N–H and O–H groups in total. The largest absolute Gasteiger partial charge is 0.482 e. The van der Waals surface area contributed by atoms with Gasteiger partial charge in [0.1, 0.15) is 11.5 Å². The lowest BCUT2D eigenvalue weighted by Gasteiger charge is -2.22. The Kier molecular flexibility index (Phi) is 7.52. The van der Waals surface area contributed by atoms with E-state index in [1.165, 1.54) is 24.3 Å². The highest BCUT2D eigenvalue weighted by Gasteiger charge is 2.19. The highest BCUT2D eigenvalue weighted by atomic mass is 19.3. The Labute approximate surface area is 167 Å². The molecule has 0 saturated heterocycles. The number of halogens is 2. The van der Waals surface area contributed by atoms with E-state index in [0.29, 0.717) is 11.4 Å². The van der Waals surface area contributed by atoms with Crippen molar-refractivity contribution in [2.24, 2.45) is 0 Å². The number of rotatable bonds is 8. The molecule has 0 aliphatic heterocycles. The maximum Gasteiger partial charge on any atom is 0.387 e. The maximum atomic E-state index is 12.1. The van der Waals surface area contributed by atoms with Gasteiger partial charge in [-0.05, 0) is 41.3 Å². The van der Waals surface area contributed by atoms with Crippen LogP contribution in [0.15, 0.2) is 48.5 Å². The lowest BCUT2D eigenvalue weighted by Crippen LogP contribution is -2.24. The van der Waals surface area contributed by atoms with Crippen LogP contribution in [0.5, 0.6) is 11.5 Å². The van der Waals surface area contributed by atoms with Gasteiger partial charge in [-0.3, -0.25) is 4.79 Å². The first-order valence-electron chi connectivity index (χ1n) is 8.88. The molecule has 29 heavy (non-hydrogen) atoms. The van der Waals surface area contributed by atoms with Crippen LogP contribution in [0, 0.1) is 0 Å². The van der Waals surface area contributed by atoms with Crippen LogP contribution in [-0.2, 0) is 19.7 Å². The SMILES string of the molecule is CC(C)(C)c1ccccc1OCC(=O)OCC(=O)Nc1ccc(OC(F)F)cc1. The summed E-state index contributed by atoms with van der Waals surface area (Å²) in [7, 11) is 0. The molecule has 0 radical (unpaired) electrons. The van der Waals surface area contributed by atoms with Crippen molar-refractivity contribution in [2.45, 2.75) is 32.8 Å². The monoisotopic (exact) mass is 407 g/mol. The topological polar surface area (TPSA) is 73.9 Å². The fraction of sp³-hybridized carbons (Fsp3) is 0.333. The van der Waals surface area contributed by atoms with Gasteiger partial charge < -0.3 is 19.5 Å². The molecule has 8 heteroatoms. The van der Waals surface area contributed by atoms with Gasteiger partial charge in [-0.2, -0.15) is 8.78 Å². The van der Waals surface area contributed by atoms with E-state index in [9.17, 15) is 18.4 Å². The van der Waals surface area contributed by atoms with Gasteiger partial charge in [0, 0.05) is 5.69 Å². The number of alkyl halides is 2. The third-order valence-corrected chi connectivity index (χ3v) is 3.77. The van der Waals surface area contributed by atoms with E-state index in [1.54, 1.807) is 12.1 Å². The second-order valence-corrected chi connectivity index (χ2v) is 7.15. The Hall–Kier alpha value is -3.16. The van der Waals surface area contributed by atoms with Gasteiger partial charge in [0.05, 0.1) is 0 Å². The molecule has 0 fully saturated rings. The molecule has 0 unspecified atom stereocenters. The van der Waals surface area contributed by atoms with Gasteiger partial charge in [-0.25, -0.2) is 4.79 Å². The summed E-state index contributed by atoms with van der Waals surface area (Å²) >= 11 is 0. The summed E-state index contributed by atoms with van der Waals surface area (Å²) in [5.74, 6) is -0.717. The number of anilines is 1. The second kappa shape index (κ2) is 9.86. The highest BCUT2D eigenvalue weighted by molar-refractivity contribution is 5.92. The number of carbonyl (C=O) groups excluding carboxylic acids is 2. The molecule has 0 bridgehead atoms. The molecule has 0 aromatic heterocycles. The molecule has 0 spiro atoms. The molecule has 6 nitrogen and oxygen atoms in total. The normalized spacial score (nSPS) is 11.1. The van der Waals surface area contributed by atoms with E-state index < -0.39 is 25.1 Å². The summed E-state index contributed by atoms with van der Waals surface area (Å²) in [4.78, 5) is 23.7. The summed E-state index contributed by atoms with van der Waals surface area (Å²) in [6, 6.07) is 12.7. The number of carbonyl (C=O) groups is 2. The summed E-state index contributed by atoms with van der Waals surface area (Å²) in [6.07, 6.45) is 0. The van der Waals surface area contributed by atoms with Crippen LogP contribution in [-0.4, -0.2) is 31.7 Å². The first-order valence-corrected chi connectivity index (χ1v) is 8.88. The molecule has 0 saturated carbocycles. The molecule has 0 atom stereocenters. The predicted octanol–water partition coefficient (Wildman–Crippen LogP) is 4.15. The minimum atomic E-state index is -2.92. The van der Waals surface area contributed by atoms with Gasteiger partial charge >= 0.3 is 12.6 Å². The maximum absolute atomic E-state index is 12.1. The summed E-state index contributed by atoms with van der Waals surface area (Å²) in [5.41, 5.74) is 1.14. The van der Waals surface area contributed by atoms with Crippen LogP contribution in [0.2, 0.25) is 0 Å². The lowest BCUT2D eigenvalue weighted by atomic mass is 9.86. The van der Waals surface area contributed by atoms with Crippen molar-refractivity contribution in [3.05, 3.63) is 54.1 Å². The minimum Gasteiger partial charge on any atom is -0.482 e. The Balaban J connectivity index is 1.79. The van der Waals surface area contributed by atoms with Crippen molar-refractivity contribution < 1.29 is 32.6 Å². The summed E-state index contributed by atoms with van der Waals surface area (Å²) in [6.45, 7) is 2.34. The molecule has 2 rings (SSSR count). The first-order chi connectivity index (χ1) is 13.6. The van der Waals surface area contributed by atoms with Crippen LogP contribution in [0.25, 0.3) is 0 Å². The molecule has 0 aliphatic rings. The number of nitrogens with one attached hydrogen (secondary N) is 1. The first kappa shape index (κ1) is 22.1. The van der Waals surface area contributed by atoms with E-state index >= 15 is 0 Å². The van der Waals surface area contributed by atoms with Crippen LogP contribution in [0.3, 0.4) is 0 Å². The number of hydrogen-bond acceptors (Lipinski definition) is 5. The third kappa shape index (κ3) is 7.40. The Morgan fingerprint density at radius 2 is 1.66 bits per heavy atom. The summed E-state index contributed by atoms with van der Waals surface area (Å²) in [5, 5.41) is 2.48. The van der Waals surface area contributed by atoms with Crippen LogP contribution < -0.4 is 14.8 Å². The standard InChI is InChI=1S/C21H23F2NO5/c1-21(2,3)16-6-4-5-7-17(16)27-13-19(26)28-12-18(25)24-14-8-10-15(11-9-14)29-20(22)23/h4-11,20H,12-13H2,1-3H3,(H,24,25). The number of amides is 1. The van der Waals surface area contributed by atoms with E-state index in [4.69, 9.17) is 9.47 Å². The molecule has 2 aromatic rings. The zero-order valence-corrected chi connectivity index (χ0v) is 16.4. The minimum absolute atomic E-state index is 0.0305. The predicted molar refractivity (Wildman–Crippen MR) is 103 cm³/mol. The third-order valence-electron chi connectivity index (χ3n) is 3.77. The van der Waals surface area contributed by atoms with E-state index in [1.807, 2.05) is 32.9 Å². The Morgan fingerprint density at radius 3 is 2.28 bits per heavy atom. The molecule has 1 amide bonds. The fourth-order valence-corrected chi connectivity index (χ4v) is 2.45. The number of hydrogen-bond donors (Lipinski definition) is 1. The molecule has 156 valence electrons. The van der Waals surface area contributed by atoms with E-state index in [0.717, 1.165) is 5.56 Å². The number of benzene rings is 2.